The van der Waals surface area contributed by atoms with Crippen LogP contribution in [0.25, 0.3) is 10.9 Å². The minimum absolute atomic E-state index is 0.0825. The van der Waals surface area contributed by atoms with Crippen molar-refractivity contribution < 1.29 is 4.79 Å². The second kappa shape index (κ2) is 5.43. The lowest BCUT2D eigenvalue weighted by molar-refractivity contribution is -0.130. The molecule has 3 nitrogen and oxygen atoms in total. The standard InChI is InChI=1S/C19H17ClN2O/c1-12(23)22-11-10-16-15-4-2-3-5-17(15)21-18(16)19(22)13-6-8-14(20)9-7-13/h2-9,19,21H,10-11H2,1H3/t19-/m1/s1. The zero-order valence-corrected chi connectivity index (χ0v) is 13.6. The molecule has 3 aromatic rings. The van der Waals surface area contributed by atoms with Gasteiger partial charge in [-0.15, -0.1) is 0 Å². The molecule has 1 aromatic heterocycles. The van der Waals surface area contributed by atoms with E-state index in [1.54, 1.807) is 6.92 Å². The van der Waals surface area contributed by atoms with Crippen LogP contribution < -0.4 is 0 Å². The van der Waals surface area contributed by atoms with Crippen molar-refractivity contribution in [1.29, 1.82) is 0 Å². The maximum absolute atomic E-state index is 12.2. The fourth-order valence-corrected chi connectivity index (χ4v) is 3.70. The number of aromatic nitrogens is 1. The van der Waals surface area contributed by atoms with Gasteiger partial charge in [0.2, 0.25) is 5.91 Å². The number of fused-ring (bicyclic) bond motifs is 3. The van der Waals surface area contributed by atoms with Crippen molar-refractivity contribution in [3.63, 3.8) is 0 Å². The van der Waals surface area contributed by atoms with E-state index in [-0.39, 0.29) is 11.9 Å². The summed E-state index contributed by atoms with van der Waals surface area (Å²) in [6.45, 7) is 2.37. The zero-order valence-electron chi connectivity index (χ0n) is 12.8. The number of nitrogens with one attached hydrogen (secondary N) is 1. The van der Waals surface area contributed by atoms with Crippen molar-refractivity contribution in [2.45, 2.75) is 19.4 Å². The molecule has 4 heteroatoms. The Morgan fingerprint density at radius 3 is 2.65 bits per heavy atom. The number of halogens is 1. The molecule has 4 rings (SSSR count). The number of carbonyl (C=O) groups excluding carboxylic acids is 1. The third kappa shape index (κ3) is 2.32. The van der Waals surface area contributed by atoms with E-state index in [0.717, 1.165) is 29.7 Å². The Bertz CT molecular complexity index is 882. The first-order valence-electron chi connectivity index (χ1n) is 7.77. The molecule has 0 saturated carbocycles. The molecule has 0 saturated heterocycles. The summed E-state index contributed by atoms with van der Waals surface area (Å²) in [5.41, 5.74) is 4.65. The van der Waals surface area contributed by atoms with Crippen LogP contribution in [-0.2, 0) is 11.2 Å². The summed E-state index contributed by atoms with van der Waals surface area (Å²) in [5, 5.41) is 1.96. The monoisotopic (exact) mass is 324 g/mol. The molecule has 2 aromatic carbocycles. The van der Waals surface area contributed by atoms with Crippen LogP contribution in [0.4, 0.5) is 0 Å². The summed E-state index contributed by atoms with van der Waals surface area (Å²) in [7, 11) is 0. The largest absolute Gasteiger partial charge is 0.356 e. The smallest absolute Gasteiger partial charge is 0.220 e. The highest BCUT2D eigenvalue weighted by atomic mass is 35.5. The summed E-state index contributed by atoms with van der Waals surface area (Å²) in [6, 6.07) is 16.0. The molecule has 0 unspecified atom stereocenters. The Morgan fingerprint density at radius 1 is 1.17 bits per heavy atom. The quantitative estimate of drug-likeness (QED) is 0.711. The second-order valence-electron chi connectivity index (χ2n) is 5.98. The highest BCUT2D eigenvalue weighted by Crippen LogP contribution is 2.38. The number of benzene rings is 2. The molecule has 1 amide bonds. The van der Waals surface area contributed by atoms with E-state index in [9.17, 15) is 4.79 Å². The van der Waals surface area contributed by atoms with E-state index in [4.69, 9.17) is 11.6 Å². The fourth-order valence-electron chi connectivity index (χ4n) is 3.57. The van der Waals surface area contributed by atoms with Gasteiger partial charge in [-0.2, -0.15) is 0 Å². The topological polar surface area (TPSA) is 36.1 Å². The lowest BCUT2D eigenvalue weighted by atomic mass is 9.92. The number of aromatic amines is 1. The Morgan fingerprint density at radius 2 is 1.91 bits per heavy atom. The summed E-state index contributed by atoms with van der Waals surface area (Å²) in [6.07, 6.45) is 0.878. The molecule has 23 heavy (non-hydrogen) atoms. The van der Waals surface area contributed by atoms with Crippen LogP contribution in [0.15, 0.2) is 48.5 Å². The lowest BCUT2D eigenvalue weighted by Crippen LogP contribution is -2.39. The van der Waals surface area contributed by atoms with Crippen LogP contribution in [0.1, 0.15) is 29.8 Å². The van der Waals surface area contributed by atoms with Gasteiger partial charge < -0.3 is 9.88 Å². The maximum Gasteiger partial charge on any atom is 0.220 e. The van der Waals surface area contributed by atoms with Crippen LogP contribution >= 0.6 is 11.6 Å². The normalized spacial score (nSPS) is 17.3. The van der Waals surface area contributed by atoms with Crippen LogP contribution in [0.3, 0.4) is 0 Å². The van der Waals surface area contributed by atoms with E-state index in [0.29, 0.717) is 5.02 Å². The van der Waals surface area contributed by atoms with Gasteiger partial charge in [0.15, 0.2) is 0 Å². The molecular weight excluding hydrogens is 308 g/mol. The SMILES string of the molecule is CC(=O)N1CCc2c([nH]c3ccccc23)[C@H]1c1ccc(Cl)cc1. The van der Waals surface area contributed by atoms with Gasteiger partial charge in [-0.1, -0.05) is 41.9 Å². The van der Waals surface area contributed by atoms with E-state index in [1.165, 1.54) is 10.9 Å². The van der Waals surface area contributed by atoms with E-state index >= 15 is 0 Å². The molecule has 0 bridgehead atoms. The van der Waals surface area contributed by atoms with Gasteiger partial charge in [0.05, 0.1) is 6.04 Å². The van der Waals surface area contributed by atoms with Crippen molar-refractivity contribution in [3.05, 3.63) is 70.4 Å². The Labute approximate surface area is 139 Å². The van der Waals surface area contributed by atoms with Gasteiger partial charge in [-0.3, -0.25) is 4.79 Å². The molecular formula is C19H17ClN2O. The van der Waals surface area contributed by atoms with Crippen molar-refractivity contribution in [3.8, 4) is 0 Å². The summed E-state index contributed by atoms with van der Waals surface area (Å²) >= 11 is 6.03. The number of para-hydroxylation sites is 1. The number of carbonyl (C=O) groups is 1. The molecule has 0 fully saturated rings. The molecule has 116 valence electrons. The third-order valence-corrected chi connectivity index (χ3v) is 4.88. The average Bonchev–Trinajstić information content (AvgIpc) is 2.93. The second-order valence-corrected chi connectivity index (χ2v) is 6.42. The first-order chi connectivity index (χ1) is 11.1. The molecule has 0 spiro atoms. The van der Waals surface area contributed by atoms with Crippen molar-refractivity contribution in [2.75, 3.05) is 6.54 Å². The number of hydrogen-bond donors (Lipinski definition) is 1. The van der Waals surface area contributed by atoms with Crippen LogP contribution in [0, 0.1) is 0 Å². The Hall–Kier alpha value is -2.26. The molecule has 0 radical (unpaired) electrons. The highest BCUT2D eigenvalue weighted by Gasteiger charge is 2.32. The van der Waals surface area contributed by atoms with Crippen molar-refractivity contribution in [2.24, 2.45) is 0 Å². The predicted molar refractivity (Wildman–Crippen MR) is 92.7 cm³/mol. The summed E-state index contributed by atoms with van der Waals surface area (Å²) < 4.78 is 0. The summed E-state index contributed by atoms with van der Waals surface area (Å²) in [4.78, 5) is 17.6. The van der Waals surface area contributed by atoms with E-state index in [2.05, 4.69) is 23.2 Å². The molecule has 0 aliphatic carbocycles. The summed E-state index contributed by atoms with van der Waals surface area (Å²) in [5.74, 6) is 0.0919. The van der Waals surface area contributed by atoms with Crippen LogP contribution in [0.5, 0.6) is 0 Å². The maximum atomic E-state index is 12.2. The number of H-pyrrole nitrogens is 1. The Kier molecular flexibility index (Phi) is 3.38. The third-order valence-electron chi connectivity index (χ3n) is 4.62. The van der Waals surface area contributed by atoms with E-state index < -0.39 is 0 Å². The first kappa shape index (κ1) is 14.3. The van der Waals surface area contributed by atoms with Gasteiger partial charge in [0.1, 0.15) is 0 Å². The van der Waals surface area contributed by atoms with Gasteiger partial charge in [0.25, 0.3) is 0 Å². The molecule has 1 aliphatic rings. The average molecular weight is 325 g/mol. The van der Waals surface area contributed by atoms with Gasteiger partial charge in [-0.05, 0) is 35.7 Å². The molecule has 2 heterocycles. The van der Waals surface area contributed by atoms with Crippen LogP contribution in [-0.4, -0.2) is 22.3 Å². The van der Waals surface area contributed by atoms with Gasteiger partial charge >= 0.3 is 0 Å². The molecule has 1 atom stereocenters. The minimum atomic E-state index is -0.0825. The number of rotatable bonds is 1. The van der Waals surface area contributed by atoms with E-state index in [1.807, 2.05) is 35.2 Å². The van der Waals surface area contributed by atoms with Crippen molar-refractivity contribution in [1.82, 2.24) is 9.88 Å². The molecule has 1 aliphatic heterocycles. The van der Waals surface area contributed by atoms with Crippen LogP contribution in [0.2, 0.25) is 5.02 Å². The van der Waals surface area contributed by atoms with Crippen molar-refractivity contribution >= 4 is 28.4 Å². The lowest BCUT2D eigenvalue weighted by Gasteiger charge is -2.35. The first-order valence-corrected chi connectivity index (χ1v) is 8.15. The number of amides is 1. The predicted octanol–water partition coefficient (Wildman–Crippen LogP) is 4.32. The Balaban J connectivity index is 1.92. The van der Waals surface area contributed by atoms with Gasteiger partial charge in [0, 0.05) is 35.1 Å². The minimum Gasteiger partial charge on any atom is -0.356 e. The highest BCUT2D eigenvalue weighted by molar-refractivity contribution is 6.30. The fraction of sp³-hybridized carbons (Fsp3) is 0.211. The molecule has 1 N–H and O–H groups in total. The number of nitrogens with zero attached hydrogens (tertiary/aromatic N) is 1. The zero-order chi connectivity index (χ0) is 16.0. The number of hydrogen-bond acceptors (Lipinski definition) is 1. The van der Waals surface area contributed by atoms with Gasteiger partial charge in [-0.25, -0.2) is 0 Å².